The maximum atomic E-state index is 12.5. The zero-order valence-corrected chi connectivity index (χ0v) is 8.55. The number of nitrogens with one attached hydrogen (secondary N) is 2. The number of rotatable bonds is 5. The Morgan fingerprint density at radius 2 is 2.14 bits per heavy atom. The average molecular weight is 197 g/mol. The van der Waals surface area contributed by atoms with E-state index in [1.807, 2.05) is 0 Å². The van der Waals surface area contributed by atoms with Crippen LogP contribution in [-0.4, -0.2) is 24.1 Å². The predicted molar refractivity (Wildman–Crippen MR) is 55.8 cm³/mol. The number of aromatic nitrogens is 1. The Bertz CT molecular complexity index is 259. The lowest BCUT2D eigenvalue weighted by molar-refractivity contribution is 0.601. The summed E-state index contributed by atoms with van der Waals surface area (Å²) < 4.78 is 12.5. The lowest BCUT2D eigenvalue weighted by Crippen LogP contribution is -2.28. The minimum absolute atomic E-state index is 0.309. The molecule has 1 aromatic rings. The Labute approximate surface area is 83.7 Å². The van der Waals surface area contributed by atoms with Crippen molar-refractivity contribution in [2.75, 3.05) is 18.4 Å². The fourth-order valence-electron chi connectivity index (χ4n) is 1.03. The summed E-state index contributed by atoms with van der Waals surface area (Å²) >= 11 is 0. The molecule has 0 saturated heterocycles. The molecule has 0 spiro atoms. The van der Waals surface area contributed by atoms with E-state index in [2.05, 4.69) is 29.5 Å². The smallest absolute Gasteiger partial charge is 0.141 e. The summed E-state index contributed by atoms with van der Waals surface area (Å²) in [6.07, 6.45) is 1.21. The van der Waals surface area contributed by atoms with Gasteiger partial charge >= 0.3 is 0 Å². The fourth-order valence-corrected chi connectivity index (χ4v) is 1.03. The van der Waals surface area contributed by atoms with Gasteiger partial charge in [0.1, 0.15) is 11.6 Å². The van der Waals surface area contributed by atoms with Crippen molar-refractivity contribution in [3.63, 3.8) is 0 Å². The van der Waals surface area contributed by atoms with E-state index in [0.717, 1.165) is 13.1 Å². The van der Waals surface area contributed by atoms with E-state index in [4.69, 9.17) is 0 Å². The Kier molecular flexibility index (Phi) is 4.32. The topological polar surface area (TPSA) is 37.0 Å². The van der Waals surface area contributed by atoms with Gasteiger partial charge in [-0.15, -0.1) is 0 Å². The Hall–Kier alpha value is -1.16. The van der Waals surface area contributed by atoms with Gasteiger partial charge < -0.3 is 10.6 Å². The van der Waals surface area contributed by atoms with Gasteiger partial charge in [-0.1, -0.05) is 13.8 Å². The van der Waals surface area contributed by atoms with E-state index in [1.54, 1.807) is 6.07 Å². The summed E-state index contributed by atoms with van der Waals surface area (Å²) in [5.74, 6) is 0.396. The molecule has 0 aromatic carbocycles. The summed E-state index contributed by atoms with van der Waals surface area (Å²) in [6, 6.07) is 3.51. The van der Waals surface area contributed by atoms with Gasteiger partial charge in [-0.25, -0.2) is 9.37 Å². The molecule has 1 rings (SSSR count). The van der Waals surface area contributed by atoms with Crippen molar-refractivity contribution in [2.24, 2.45) is 0 Å². The highest BCUT2D eigenvalue weighted by Crippen LogP contribution is 2.02. The monoisotopic (exact) mass is 197 g/mol. The number of pyridine rings is 1. The van der Waals surface area contributed by atoms with Gasteiger partial charge in [0.25, 0.3) is 0 Å². The normalized spacial score (nSPS) is 10.6. The van der Waals surface area contributed by atoms with Crippen LogP contribution in [0.3, 0.4) is 0 Å². The van der Waals surface area contributed by atoms with Gasteiger partial charge in [-0.3, -0.25) is 0 Å². The standard InChI is InChI=1S/C10H16FN3/c1-8(2)12-5-6-13-10-4-3-9(11)7-14-10/h3-4,7-8,12H,5-6H2,1-2H3,(H,13,14). The molecule has 1 heterocycles. The molecule has 0 atom stereocenters. The van der Waals surface area contributed by atoms with Gasteiger partial charge in [0.05, 0.1) is 6.20 Å². The van der Waals surface area contributed by atoms with Crippen molar-refractivity contribution in [1.29, 1.82) is 0 Å². The van der Waals surface area contributed by atoms with Crippen LogP contribution < -0.4 is 10.6 Å². The minimum atomic E-state index is -0.309. The zero-order valence-electron chi connectivity index (χ0n) is 8.55. The molecule has 3 nitrogen and oxygen atoms in total. The molecular weight excluding hydrogens is 181 g/mol. The number of halogens is 1. The summed E-state index contributed by atoms with van der Waals surface area (Å²) in [6.45, 7) is 5.85. The van der Waals surface area contributed by atoms with E-state index in [0.29, 0.717) is 11.9 Å². The Morgan fingerprint density at radius 3 is 2.71 bits per heavy atom. The van der Waals surface area contributed by atoms with Gasteiger partial charge in [-0.2, -0.15) is 0 Å². The number of hydrogen-bond donors (Lipinski definition) is 2. The molecule has 0 aliphatic heterocycles. The van der Waals surface area contributed by atoms with Crippen LogP contribution in [0.4, 0.5) is 10.2 Å². The maximum Gasteiger partial charge on any atom is 0.141 e. The fraction of sp³-hybridized carbons (Fsp3) is 0.500. The van der Waals surface area contributed by atoms with E-state index in [9.17, 15) is 4.39 Å². The predicted octanol–water partition coefficient (Wildman–Crippen LogP) is 1.63. The third-order valence-electron chi connectivity index (χ3n) is 1.71. The van der Waals surface area contributed by atoms with Gasteiger partial charge in [0.2, 0.25) is 0 Å². The van der Waals surface area contributed by atoms with E-state index in [1.165, 1.54) is 12.3 Å². The molecule has 0 aliphatic carbocycles. The molecule has 0 aliphatic rings. The van der Waals surface area contributed by atoms with Crippen LogP contribution in [0, 0.1) is 5.82 Å². The highest BCUT2D eigenvalue weighted by Gasteiger charge is 1.94. The molecule has 14 heavy (non-hydrogen) atoms. The molecule has 0 radical (unpaired) electrons. The maximum absolute atomic E-state index is 12.5. The van der Waals surface area contributed by atoms with Crippen molar-refractivity contribution >= 4 is 5.82 Å². The third-order valence-corrected chi connectivity index (χ3v) is 1.71. The quantitative estimate of drug-likeness (QED) is 0.704. The molecule has 0 unspecified atom stereocenters. The second kappa shape index (κ2) is 5.54. The molecule has 0 saturated carbocycles. The second-order valence-electron chi connectivity index (χ2n) is 3.40. The minimum Gasteiger partial charge on any atom is -0.369 e. The summed E-state index contributed by atoms with van der Waals surface area (Å²) in [7, 11) is 0. The molecule has 2 N–H and O–H groups in total. The van der Waals surface area contributed by atoms with Crippen molar-refractivity contribution in [2.45, 2.75) is 19.9 Å². The number of nitrogens with zero attached hydrogens (tertiary/aromatic N) is 1. The van der Waals surface area contributed by atoms with Crippen molar-refractivity contribution in [1.82, 2.24) is 10.3 Å². The average Bonchev–Trinajstić information content (AvgIpc) is 2.15. The van der Waals surface area contributed by atoms with Crippen molar-refractivity contribution in [3.05, 3.63) is 24.1 Å². The molecule has 0 amide bonds. The molecule has 1 aromatic heterocycles. The van der Waals surface area contributed by atoms with Gasteiger partial charge in [-0.05, 0) is 12.1 Å². The highest BCUT2D eigenvalue weighted by atomic mass is 19.1. The molecule has 78 valence electrons. The largest absolute Gasteiger partial charge is 0.369 e. The summed E-state index contributed by atoms with van der Waals surface area (Å²) in [4.78, 5) is 3.88. The number of hydrogen-bond acceptors (Lipinski definition) is 3. The lowest BCUT2D eigenvalue weighted by Gasteiger charge is -2.09. The highest BCUT2D eigenvalue weighted by molar-refractivity contribution is 5.33. The Balaban J connectivity index is 2.21. The second-order valence-corrected chi connectivity index (χ2v) is 3.40. The van der Waals surface area contributed by atoms with Crippen molar-refractivity contribution < 1.29 is 4.39 Å². The Morgan fingerprint density at radius 1 is 1.36 bits per heavy atom. The van der Waals surface area contributed by atoms with E-state index < -0.39 is 0 Å². The van der Waals surface area contributed by atoms with Crippen LogP contribution in [-0.2, 0) is 0 Å². The summed E-state index contributed by atoms with van der Waals surface area (Å²) in [5.41, 5.74) is 0. The molecule has 0 fully saturated rings. The van der Waals surface area contributed by atoms with Crippen LogP contribution in [0.25, 0.3) is 0 Å². The first-order chi connectivity index (χ1) is 6.68. The number of anilines is 1. The molecule has 4 heteroatoms. The lowest BCUT2D eigenvalue weighted by atomic mass is 10.4. The first-order valence-electron chi connectivity index (χ1n) is 4.77. The summed E-state index contributed by atoms with van der Waals surface area (Å²) in [5, 5.41) is 6.35. The van der Waals surface area contributed by atoms with Gasteiger partial charge in [0.15, 0.2) is 0 Å². The van der Waals surface area contributed by atoms with Crippen molar-refractivity contribution in [3.8, 4) is 0 Å². The van der Waals surface area contributed by atoms with Crippen LogP contribution in [0.5, 0.6) is 0 Å². The molecule has 0 bridgehead atoms. The van der Waals surface area contributed by atoms with Crippen LogP contribution in [0.2, 0.25) is 0 Å². The SMILES string of the molecule is CC(C)NCCNc1ccc(F)cn1. The van der Waals surface area contributed by atoms with Crippen LogP contribution in [0.15, 0.2) is 18.3 Å². The van der Waals surface area contributed by atoms with E-state index >= 15 is 0 Å². The molecular formula is C10H16FN3. The van der Waals surface area contributed by atoms with E-state index in [-0.39, 0.29) is 5.82 Å². The zero-order chi connectivity index (χ0) is 10.4. The first kappa shape index (κ1) is 10.9. The third kappa shape index (κ3) is 4.18. The van der Waals surface area contributed by atoms with Crippen LogP contribution in [0.1, 0.15) is 13.8 Å². The van der Waals surface area contributed by atoms with Gasteiger partial charge in [0, 0.05) is 19.1 Å². The first-order valence-corrected chi connectivity index (χ1v) is 4.77. The van der Waals surface area contributed by atoms with Crippen LogP contribution >= 0.6 is 0 Å².